The van der Waals surface area contributed by atoms with Crippen LogP contribution in [0.4, 0.5) is 0 Å². The van der Waals surface area contributed by atoms with Crippen LogP contribution >= 0.6 is 0 Å². The quantitative estimate of drug-likeness (QED) is 0.194. The Morgan fingerprint density at radius 2 is 1.66 bits per heavy atom. The van der Waals surface area contributed by atoms with Crippen LogP contribution in [0.25, 0.3) is 0 Å². The first-order valence-electron chi connectivity index (χ1n) is 11.9. The van der Waals surface area contributed by atoms with Crippen LogP contribution in [0.1, 0.15) is 103 Å². The van der Waals surface area contributed by atoms with Crippen LogP contribution in [0.5, 0.6) is 5.75 Å². The van der Waals surface area contributed by atoms with E-state index < -0.39 is 0 Å². The van der Waals surface area contributed by atoms with Crippen molar-refractivity contribution in [2.75, 3.05) is 13.2 Å². The molecule has 0 fully saturated rings. The fraction of sp³-hybridized carbons (Fsp3) is 0.760. The Morgan fingerprint density at radius 1 is 0.966 bits per heavy atom. The zero-order valence-electron chi connectivity index (χ0n) is 19.1. The van der Waals surface area contributed by atoms with Gasteiger partial charge in [-0.1, -0.05) is 71.6 Å². The van der Waals surface area contributed by atoms with E-state index in [1.165, 1.54) is 51.4 Å². The van der Waals surface area contributed by atoms with Crippen molar-refractivity contribution < 1.29 is 14.3 Å². The molecular formula is C25H43NO3. The maximum atomic E-state index is 11.9. The minimum atomic E-state index is -0.0104. The lowest BCUT2D eigenvalue weighted by atomic mass is 10.0. The van der Waals surface area contributed by atoms with Crippen LogP contribution in [0.3, 0.4) is 0 Å². The number of ether oxygens (including phenoxy) is 2. The SMILES string of the molecule is CCCCC(CC)COC(=O)CCCCCCCCCCOc1ccc(C)nc1. The average molecular weight is 406 g/mol. The molecular weight excluding hydrogens is 362 g/mol. The predicted molar refractivity (Wildman–Crippen MR) is 120 cm³/mol. The molecule has 1 rings (SSSR count). The molecule has 1 aromatic rings. The third-order valence-electron chi connectivity index (χ3n) is 5.45. The van der Waals surface area contributed by atoms with E-state index in [1.807, 2.05) is 19.1 Å². The molecule has 0 spiro atoms. The van der Waals surface area contributed by atoms with Crippen molar-refractivity contribution in [2.24, 2.45) is 5.92 Å². The van der Waals surface area contributed by atoms with Gasteiger partial charge in [-0.15, -0.1) is 0 Å². The summed E-state index contributed by atoms with van der Waals surface area (Å²) < 4.78 is 11.2. The summed E-state index contributed by atoms with van der Waals surface area (Å²) in [5, 5.41) is 0. The summed E-state index contributed by atoms with van der Waals surface area (Å²) in [6, 6.07) is 3.96. The number of esters is 1. The van der Waals surface area contributed by atoms with E-state index >= 15 is 0 Å². The lowest BCUT2D eigenvalue weighted by molar-refractivity contribution is -0.145. The summed E-state index contributed by atoms with van der Waals surface area (Å²) in [6.07, 6.45) is 16.5. The number of hydrogen-bond donors (Lipinski definition) is 0. The van der Waals surface area contributed by atoms with Crippen LogP contribution in [0.2, 0.25) is 0 Å². The number of carbonyl (C=O) groups excluding carboxylic acids is 1. The summed E-state index contributed by atoms with van der Waals surface area (Å²) in [4.78, 5) is 16.1. The highest BCUT2D eigenvalue weighted by Gasteiger charge is 2.09. The normalized spacial score (nSPS) is 12.0. The van der Waals surface area contributed by atoms with Gasteiger partial charge in [0.1, 0.15) is 5.75 Å². The number of rotatable bonds is 18. The van der Waals surface area contributed by atoms with Crippen LogP contribution in [-0.2, 0) is 9.53 Å². The minimum Gasteiger partial charge on any atom is -0.492 e. The molecule has 4 nitrogen and oxygen atoms in total. The Kier molecular flexibility index (Phi) is 15.2. The highest BCUT2D eigenvalue weighted by Crippen LogP contribution is 2.15. The Hall–Kier alpha value is -1.58. The van der Waals surface area contributed by atoms with Gasteiger partial charge in [-0.3, -0.25) is 9.78 Å². The predicted octanol–water partition coefficient (Wildman–Crippen LogP) is 7.04. The molecule has 0 amide bonds. The fourth-order valence-corrected chi connectivity index (χ4v) is 3.34. The minimum absolute atomic E-state index is 0.0104. The lowest BCUT2D eigenvalue weighted by Gasteiger charge is -2.14. The number of hydrogen-bond acceptors (Lipinski definition) is 4. The molecule has 0 N–H and O–H groups in total. The van der Waals surface area contributed by atoms with E-state index in [0.29, 0.717) is 18.9 Å². The molecule has 1 aromatic heterocycles. The van der Waals surface area contributed by atoms with E-state index in [4.69, 9.17) is 9.47 Å². The first-order chi connectivity index (χ1) is 14.2. The standard InChI is InChI=1S/C25H43NO3/c1-4-6-15-23(5-2)21-29-25(27)16-13-11-9-7-8-10-12-14-19-28-24-18-17-22(3)26-20-24/h17-18,20,23H,4-16,19,21H2,1-3H3. The third-order valence-corrected chi connectivity index (χ3v) is 5.45. The zero-order valence-corrected chi connectivity index (χ0v) is 19.1. The molecule has 1 heterocycles. The number of unbranched alkanes of at least 4 members (excludes halogenated alkanes) is 8. The molecule has 0 saturated heterocycles. The largest absolute Gasteiger partial charge is 0.492 e. The van der Waals surface area contributed by atoms with Crippen molar-refractivity contribution in [1.29, 1.82) is 0 Å². The fourth-order valence-electron chi connectivity index (χ4n) is 3.34. The van der Waals surface area contributed by atoms with Crippen molar-refractivity contribution in [3.8, 4) is 5.75 Å². The van der Waals surface area contributed by atoms with Gasteiger partial charge in [0.2, 0.25) is 0 Å². The third kappa shape index (κ3) is 14.1. The van der Waals surface area contributed by atoms with Gasteiger partial charge in [0.15, 0.2) is 0 Å². The molecule has 0 aliphatic rings. The second-order valence-corrected chi connectivity index (χ2v) is 8.16. The van der Waals surface area contributed by atoms with Gasteiger partial charge in [-0.25, -0.2) is 0 Å². The summed E-state index contributed by atoms with van der Waals surface area (Å²) >= 11 is 0. The highest BCUT2D eigenvalue weighted by atomic mass is 16.5. The molecule has 4 heteroatoms. The van der Waals surface area contributed by atoms with Crippen molar-refractivity contribution in [3.63, 3.8) is 0 Å². The van der Waals surface area contributed by atoms with Crippen molar-refractivity contribution in [1.82, 2.24) is 4.98 Å². The number of aryl methyl sites for hydroxylation is 1. The maximum Gasteiger partial charge on any atom is 0.305 e. The van der Waals surface area contributed by atoms with Gasteiger partial charge in [-0.2, -0.15) is 0 Å². The molecule has 0 aromatic carbocycles. The second kappa shape index (κ2) is 17.3. The highest BCUT2D eigenvalue weighted by molar-refractivity contribution is 5.69. The average Bonchev–Trinajstić information content (AvgIpc) is 2.73. The van der Waals surface area contributed by atoms with Crippen molar-refractivity contribution in [3.05, 3.63) is 24.0 Å². The first kappa shape index (κ1) is 25.5. The Balaban J connectivity index is 1.86. The van der Waals surface area contributed by atoms with Crippen LogP contribution < -0.4 is 4.74 Å². The molecule has 0 aliphatic heterocycles. The van der Waals surface area contributed by atoms with Crippen molar-refractivity contribution >= 4 is 5.97 Å². The van der Waals surface area contributed by atoms with E-state index in [2.05, 4.69) is 18.8 Å². The summed E-state index contributed by atoms with van der Waals surface area (Å²) in [7, 11) is 0. The van der Waals surface area contributed by atoms with Crippen LogP contribution in [-0.4, -0.2) is 24.2 Å². The molecule has 29 heavy (non-hydrogen) atoms. The van der Waals surface area contributed by atoms with E-state index in [-0.39, 0.29) is 5.97 Å². The lowest BCUT2D eigenvalue weighted by Crippen LogP contribution is -2.13. The topological polar surface area (TPSA) is 48.4 Å². The number of aromatic nitrogens is 1. The molecule has 0 radical (unpaired) electrons. The van der Waals surface area contributed by atoms with Gasteiger partial charge in [0.05, 0.1) is 19.4 Å². The molecule has 166 valence electrons. The summed E-state index contributed by atoms with van der Waals surface area (Å²) in [5.74, 6) is 1.39. The van der Waals surface area contributed by atoms with Crippen LogP contribution in [0, 0.1) is 12.8 Å². The molecule has 0 bridgehead atoms. The summed E-state index contributed by atoms with van der Waals surface area (Å²) in [6.45, 7) is 7.75. The van der Waals surface area contributed by atoms with Gasteiger partial charge in [-0.05, 0) is 44.2 Å². The molecule has 1 unspecified atom stereocenters. The smallest absolute Gasteiger partial charge is 0.305 e. The van der Waals surface area contributed by atoms with Gasteiger partial charge >= 0.3 is 5.97 Å². The number of nitrogens with zero attached hydrogens (tertiary/aromatic N) is 1. The summed E-state index contributed by atoms with van der Waals surface area (Å²) in [5.41, 5.74) is 1.02. The second-order valence-electron chi connectivity index (χ2n) is 8.16. The zero-order chi connectivity index (χ0) is 21.2. The number of pyridine rings is 1. The Labute approximate surface area is 178 Å². The molecule has 0 saturated carbocycles. The maximum absolute atomic E-state index is 11.9. The Morgan fingerprint density at radius 3 is 2.28 bits per heavy atom. The van der Waals surface area contributed by atoms with Gasteiger partial charge < -0.3 is 9.47 Å². The van der Waals surface area contributed by atoms with Crippen molar-refractivity contribution in [2.45, 2.75) is 104 Å². The van der Waals surface area contributed by atoms with Gasteiger partial charge in [0, 0.05) is 12.1 Å². The van der Waals surface area contributed by atoms with E-state index in [1.54, 1.807) is 6.20 Å². The van der Waals surface area contributed by atoms with Crippen LogP contribution in [0.15, 0.2) is 18.3 Å². The molecule has 0 aliphatic carbocycles. The van der Waals surface area contributed by atoms with E-state index in [0.717, 1.165) is 43.7 Å². The van der Waals surface area contributed by atoms with E-state index in [9.17, 15) is 4.79 Å². The number of carbonyl (C=O) groups is 1. The van der Waals surface area contributed by atoms with Gasteiger partial charge in [0.25, 0.3) is 0 Å². The monoisotopic (exact) mass is 405 g/mol. The first-order valence-corrected chi connectivity index (χ1v) is 11.9. The Bertz CT molecular complexity index is 515. The molecule has 1 atom stereocenters.